The predicted octanol–water partition coefficient (Wildman–Crippen LogP) is 2.53. The molecule has 2 amide bonds. The zero-order valence-electron chi connectivity index (χ0n) is 14.5. The molecule has 1 saturated heterocycles. The smallest absolute Gasteiger partial charge is 0.255 e. The zero-order chi connectivity index (χ0) is 18.3. The molecule has 2 unspecified atom stereocenters. The van der Waals surface area contributed by atoms with Crippen LogP contribution >= 0.6 is 11.6 Å². The monoisotopic (exact) mass is 372 g/mol. The van der Waals surface area contributed by atoms with E-state index in [9.17, 15) is 9.59 Å². The van der Waals surface area contributed by atoms with Crippen molar-refractivity contribution in [2.24, 2.45) is 13.0 Å². The number of aromatic nitrogens is 2. The lowest BCUT2D eigenvalue weighted by Gasteiger charge is -2.33. The van der Waals surface area contributed by atoms with Gasteiger partial charge in [0.1, 0.15) is 5.69 Å². The summed E-state index contributed by atoms with van der Waals surface area (Å²) in [6, 6.07) is 7.34. The second-order valence-electron chi connectivity index (χ2n) is 7.09. The highest BCUT2D eigenvalue weighted by atomic mass is 35.5. The minimum Gasteiger partial charge on any atom is -0.351 e. The topological polar surface area (TPSA) is 76.0 Å². The number of carbonyl (C=O) groups excluding carboxylic acids is 2. The van der Waals surface area contributed by atoms with Crippen LogP contribution in [0.25, 0.3) is 11.3 Å². The van der Waals surface area contributed by atoms with Gasteiger partial charge in [0.15, 0.2) is 0 Å². The van der Waals surface area contributed by atoms with Crippen LogP contribution in [0.2, 0.25) is 5.02 Å². The summed E-state index contributed by atoms with van der Waals surface area (Å²) in [5.74, 6) is 0.367. The Morgan fingerprint density at radius 2 is 2.08 bits per heavy atom. The molecule has 136 valence electrons. The number of rotatable bonds is 4. The molecule has 0 bridgehead atoms. The number of benzene rings is 1. The molecule has 2 heterocycles. The lowest BCUT2D eigenvalue weighted by Crippen LogP contribution is -2.56. The van der Waals surface area contributed by atoms with Gasteiger partial charge in [0.25, 0.3) is 5.91 Å². The molecule has 2 aromatic rings. The van der Waals surface area contributed by atoms with Crippen LogP contribution in [0.15, 0.2) is 30.5 Å². The maximum absolute atomic E-state index is 13.0. The minimum absolute atomic E-state index is 0.0284. The van der Waals surface area contributed by atoms with E-state index in [1.54, 1.807) is 24.0 Å². The summed E-state index contributed by atoms with van der Waals surface area (Å²) in [6.07, 6.45) is 5.03. The third-order valence-electron chi connectivity index (χ3n) is 5.09. The van der Waals surface area contributed by atoms with Gasteiger partial charge in [-0.2, -0.15) is 5.10 Å². The number of halogens is 1. The average Bonchev–Trinajstić information content (AvgIpc) is 3.39. The number of aryl methyl sites for hydroxylation is 1. The molecule has 4 rings (SSSR count). The first kappa shape index (κ1) is 17.1. The average molecular weight is 373 g/mol. The van der Waals surface area contributed by atoms with Crippen LogP contribution in [0, 0.1) is 5.92 Å². The van der Waals surface area contributed by atoms with Crippen molar-refractivity contribution in [3.63, 3.8) is 0 Å². The van der Waals surface area contributed by atoms with E-state index in [0.29, 0.717) is 35.0 Å². The molecule has 2 fully saturated rings. The molecule has 1 aromatic carbocycles. The summed E-state index contributed by atoms with van der Waals surface area (Å²) in [4.78, 5) is 24.7. The van der Waals surface area contributed by atoms with Crippen LogP contribution in [-0.4, -0.2) is 33.7 Å². The highest BCUT2D eigenvalue weighted by Crippen LogP contribution is 2.36. The Morgan fingerprint density at radius 3 is 2.81 bits per heavy atom. The van der Waals surface area contributed by atoms with Gasteiger partial charge in [-0.1, -0.05) is 29.8 Å². The lowest BCUT2D eigenvalue weighted by atomic mass is 9.94. The SMILES string of the molecule is Cn1cc(C(=O)NC2CCC(=O)NC2C2CC2)c(-c2ccccc2Cl)n1. The van der Waals surface area contributed by atoms with Gasteiger partial charge >= 0.3 is 0 Å². The summed E-state index contributed by atoms with van der Waals surface area (Å²) in [7, 11) is 1.78. The summed E-state index contributed by atoms with van der Waals surface area (Å²) in [5, 5.41) is 11.2. The van der Waals surface area contributed by atoms with Crippen molar-refractivity contribution in [3.05, 3.63) is 41.0 Å². The van der Waals surface area contributed by atoms with E-state index in [0.717, 1.165) is 18.4 Å². The molecule has 1 saturated carbocycles. The molecule has 1 aromatic heterocycles. The van der Waals surface area contributed by atoms with E-state index in [4.69, 9.17) is 11.6 Å². The quantitative estimate of drug-likeness (QED) is 0.865. The number of carbonyl (C=O) groups is 2. The summed E-state index contributed by atoms with van der Waals surface area (Å²) in [6.45, 7) is 0. The van der Waals surface area contributed by atoms with Crippen LogP contribution in [-0.2, 0) is 11.8 Å². The van der Waals surface area contributed by atoms with Crippen molar-refractivity contribution >= 4 is 23.4 Å². The van der Waals surface area contributed by atoms with Crippen LogP contribution in [0.1, 0.15) is 36.0 Å². The fraction of sp³-hybridized carbons (Fsp3) is 0.421. The number of amides is 2. The molecule has 26 heavy (non-hydrogen) atoms. The van der Waals surface area contributed by atoms with Crippen molar-refractivity contribution in [1.82, 2.24) is 20.4 Å². The van der Waals surface area contributed by atoms with Crippen LogP contribution < -0.4 is 10.6 Å². The Hall–Kier alpha value is -2.34. The molecule has 1 aliphatic carbocycles. The van der Waals surface area contributed by atoms with Crippen molar-refractivity contribution in [1.29, 1.82) is 0 Å². The first-order chi connectivity index (χ1) is 12.5. The number of hydrogen-bond acceptors (Lipinski definition) is 3. The Labute approximate surface area is 156 Å². The number of piperidine rings is 1. The summed E-state index contributed by atoms with van der Waals surface area (Å²) in [5.41, 5.74) is 1.79. The van der Waals surface area contributed by atoms with Gasteiger partial charge in [0, 0.05) is 25.2 Å². The van der Waals surface area contributed by atoms with Crippen molar-refractivity contribution in [3.8, 4) is 11.3 Å². The highest BCUT2D eigenvalue weighted by Gasteiger charge is 2.40. The highest BCUT2D eigenvalue weighted by molar-refractivity contribution is 6.33. The largest absolute Gasteiger partial charge is 0.351 e. The van der Waals surface area contributed by atoms with Crippen molar-refractivity contribution in [2.45, 2.75) is 37.8 Å². The van der Waals surface area contributed by atoms with Crippen molar-refractivity contribution in [2.75, 3.05) is 0 Å². The molecule has 2 atom stereocenters. The van der Waals surface area contributed by atoms with Crippen LogP contribution in [0.5, 0.6) is 0 Å². The molecular weight excluding hydrogens is 352 g/mol. The Kier molecular flexibility index (Phi) is 4.44. The van der Waals surface area contributed by atoms with Gasteiger partial charge in [-0.05, 0) is 31.2 Å². The first-order valence-electron chi connectivity index (χ1n) is 8.91. The lowest BCUT2D eigenvalue weighted by molar-refractivity contribution is -0.124. The van der Waals surface area contributed by atoms with Gasteiger partial charge in [-0.25, -0.2) is 0 Å². The normalized spacial score (nSPS) is 22.8. The van der Waals surface area contributed by atoms with E-state index in [2.05, 4.69) is 15.7 Å². The number of nitrogens with one attached hydrogen (secondary N) is 2. The second kappa shape index (κ2) is 6.76. The maximum Gasteiger partial charge on any atom is 0.255 e. The van der Waals surface area contributed by atoms with E-state index in [-0.39, 0.29) is 23.9 Å². The predicted molar refractivity (Wildman–Crippen MR) is 98.8 cm³/mol. The van der Waals surface area contributed by atoms with E-state index < -0.39 is 0 Å². The standard InChI is InChI=1S/C19H21ClN4O2/c1-24-10-13(18(23-24)12-4-2-3-5-14(12)20)19(26)21-15-8-9-16(25)22-17(15)11-6-7-11/h2-5,10-11,15,17H,6-9H2,1H3,(H,21,26)(H,22,25). The molecular formula is C19H21ClN4O2. The van der Waals surface area contributed by atoms with Gasteiger partial charge in [0.2, 0.25) is 5.91 Å². The molecule has 6 nitrogen and oxygen atoms in total. The molecule has 7 heteroatoms. The number of hydrogen-bond donors (Lipinski definition) is 2. The van der Waals surface area contributed by atoms with Crippen molar-refractivity contribution < 1.29 is 9.59 Å². The Balaban J connectivity index is 1.59. The maximum atomic E-state index is 13.0. The summed E-state index contributed by atoms with van der Waals surface area (Å²) >= 11 is 6.30. The summed E-state index contributed by atoms with van der Waals surface area (Å²) < 4.78 is 1.62. The third kappa shape index (κ3) is 3.33. The molecule has 1 aliphatic heterocycles. The fourth-order valence-corrected chi connectivity index (χ4v) is 3.87. The van der Waals surface area contributed by atoms with Gasteiger partial charge in [-0.15, -0.1) is 0 Å². The second-order valence-corrected chi connectivity index (χ2v) is 7.50. The van der Waals surface area contributed by atoms with Gasteiger partial charge < -0.3 is 10.6 Å². The van der Waals surface area contributed by atoms with Crippen LogP contribution in [0.3, 0.4) is 0 Å². The van der Waals surface area contributed by atoms with E-state index >= 15 is 0 Å². The Morgan fingerprint density at radius 1 is 1.31 bits per heavy atom. The zero-order valence-corrected chi connectivity index (χ0v) is 15.3. The van der Waals surface area contributed by atoms with E-state index in [1.165, 1.54) is 0 Å². The molecule has 0 radical (unpaired) electrons. The molecule has 0 spiro atoms. The fourth-order valence-electron chi connectivity index (χ4n) is 3.64. The Bertz CT molecular complexity index is 859. The van der Waals surface area contributed by atoms with Gasteiger partial charge in [0.05, 0.1) is 22.7 Å². The third-order valence-corrected chi connectivity index (χ3v) is 5.42. The van der Waals surface area contributed by atoms with Gasteiger partial charge in [-0.3, -0.25) is 14.3 Å². The first-order valence-corrected chi connectivity index (χ1v) is 9.29. The molecule has 2 N–H and O–H groups in total. The number of nitrogens with zero attached hydrogens (tertiary/aromatic N) is 2. The minimum atomic E-state index is -0.181. The molecule has 2 aliphatic rings. The van der Waals surface area contributed by atoms with E-state index in [1.807, 2.05) is 18.2 Å². The van der Waals surface area contributed by atoms with Crippen LogP contribution in [0.4, 0.5) is 0 Å².